The fourth-order valence-electron chi connectivity index (χ4n) is 4.87. The van der Waals surface area contributed by atoms with Gasteiger partial charge in [-0.05, 0) is 62.3 Å². The van der Waals surface area contributed by atoms with Crippen LogP contribution in [-0.4, -0.2) is 28.8 Å². The van der Waals surface area contributed by atoms with Crippen LogP contribution in [0.2, 0.25) is 0 Å². The Morgan fingerprint density at radius 2 is 2.00 bits per heavy atom. The number of hydrogen-bond acceptors (Lipinski definition) is 2. The van der Waals surface area contributed by atoms with Gasteiger partial charge in [0, 0.05) is 28.9 Å². The molecule has 3 heteroatoms. The molecule has 3 saturated carbocycles. The van der Waals surface area contributed by atoms with Gasteiger partial charge < -0.3 is 5.32 Å². The van der Waals surface area contributed by atoms with Crippen molar-refractivity contribution in [2.45, 2.75) is 44.6 Å². The van der Waals surface area contributed by atoms with Crippen molar-refractivity contribution in [3.63, 3.8) is 0 Å². The Balaban J connectivity index is 1.46. The summed E-state index contributed by atoms with van der Waals surface area (Å²) in [5.41, 5.74) is 0. The van der Waals surface area contributed by atoms with Crippen molar-refractivity contribution in [1.82, 2.24) is 5.32 Å². The smallest absolute Gasteiger partial charge is 0.0244 e. The predicted octanol–water partition coefficient (Wildman–Crippen LogP) is 2.17. The summed E-state index contributed by atoms with van der Waals surface area (Å²) < 4.78 is 11.0. The van der Waals surface area contributed by atoms with Gasteiger partial charge in [0.1, 0.15) is 0 Å². The zero-order valence-corrected chi connectivity index (χ0v) is 11.7. The molecule has 98 valence electrons. The topological polar surface area (TPSA) is 29.1 Å². The lowest BCUT2D eigenvalue weighted by molar-refractivity contribution is 0.209. The molecule has 1 N–H and O–H groups in total. The molecule has 0 radical (unpaired) electrons. The summed E-state index contributed by atoms with van der Waals surface area (Å²) in [6.07, 6.45) is 10.3. The number of nitrogens with one attached hydrogen (secondary N) is 1. The highest BCUT2D eigenvalue weighted by Gasteiger charge is 2.53. The second-order valence-corrected chi connectivity index (χ2v) is 7.90. The van der Waals surface area contributed by atoms with Crippen LogP contribution in [0.4, 0.5) is 0 Å². The maximum absolute atomic E-state index is 11.0. The van der Waals surface area contributed by atoms with Crippen molar-refractivity contribution >= 4 is 10.8 Å². The van der Waals surface area contributed by atoms with Crippen molar-refractivity contribution in [1.29, 1.82) is 0 Å². The molecule has 2 nitrogen and oxygen atoms in total. The number of hydrogen-bond donors (Lipinski definition) is 1. The normalized spacial score (nSPS) is 45.1. The largest absolute Gasteiger partial charge is 0.314 e. The van der Waals surface area contributed by atoms with Gasteiger partial charge in [-0.25, -0.2) is 0 Å². The SMILES string of the molecule is C[S@](=O)CCCN[C@@H]1C[C@H]2C[C@H]1[C@H]1CCC[C@H]21. The molecule has 0 amide bonds. The molecule has 0 saturated heterocycles. The highest BCUT2D eigenvalue weighted by Crippen LogP contribution is 2.58. The van der Waals surface area contributed by atoms with Gasteiger partial charge in [0.25, 0.3) is 0 Å². The van der Waals surface area contributed by atoms with Gasteiger partial charge in [-0.1, -0.05) is 6.42 Å². The Morgan fingerprint density at radius 1 is 1.18 bits per heavy atom. The first-order chi connectivity index (χ1) is 8.25. The molecule has 0 unspecified atom stereocenters. The second kappa shape index (κ2) is 5.00. The van der Waals surface area contributed by atoms with Crippen LogP contribution in [0.3, 0.4) is 0 Å². The first-order valence-electron chi connectivity index (χ1n) is 7.29. The van der Waals surface area contributed by atoms with E-state index in [1.807, 2.05) is 0 Å². The average molecular weight is 255 g/mol. The van der Waals surface area contributed by atoms with Crippen LogP contribution >= 0.6 is 0 Å². The molecule has 3 aliphatic rings. The van der Waals surface area contributed by atoms with E-state index in [4.69, 9.17) is 0 Å². The van der Waals surface area contributed by atoms with E-state index in [0.717, 1.165) is 48.4 Å². The molecular formula is C14H25NOS. The second-order valence-electron chi connectivity index (χ2n) is 6.35. The summed E-state index contributed by atoms with van der Waals surface area (Å²) in [5, 5.41) is 3.75. The van der Waals surface area contributed by atoms with E-state index >= 15 is 0 Å². The van der Waals surface area contributed by atoms with Crippen LogP contribution in [0.5, 0.6) is 0 Å². The van der Waals surface area contributed by atoms with Gasteiger partial charge in [-0.2, -0.15) is 0 Å². The van der Waals surface area contributed by atoms with Crippen molar-refractivity contribution in [3.8, 4) is 0 Å². The first-order valence-corrected chi connectivity index (χ1v) is 9.02. The van der Waals surface area contributed by atoms with Gasteiger partial charge in [-0.3, -0.25) is 4.21 Å². The molecule has 3 aliphatic carbocycles. The minimum atomic E-state index is -0.615. The van der Waals surface area contributed by atoms with Crippen molar-refractivity contribution in [2.75, 3.05) is 18.6 Å². The number of fused-ring (bicyclic) bond motifs is 5. The highest BCUT2D eigenvalue weighted by atomic mass is 32.2. The Hall–Kier alpha value is 0.110. The van der Waals surface area contributed by atoms with E-state index in [9.17, 15) is 4.21 Å². The molecule has 0 aromatic rings. The predicted molar refractivity (Wildman–Crippen MR) is 72.4 cm³/mol. The molecule has 17 heavy (non-hydrogen) atoms. The summed E-state index contributed by atoms with van der Waals surface area (Å²) in [5.74, 6) is 5.05. The van der Waals surface area contributed by atoms with Crippen LogP contribution in [0.15, 0.2) is 0 Å². The lowest BCUT2D eigenvalue weighted by Gasteiger charge is -2.32. The van der Waals surface area contributed by atoms with E-state index in [1.54, 1.807) is 6.26 Å². The quantitative estimate of drug-likeness (QED) is 0.763. The van der Waals surface area contributed by atoms with Crippen LogP contribution < -0.4 is 5.32 Å². The Morgan fingerprint density at radius 3 is 2.82 bits per heavy atom. The van der Waals surface area contributed by atoms with Gasteiger partial charge in [0.15, 0.2) is 0 Å². The zero-order valence-electron chi connectivity index (χ0n) is 10.9. The molecule has 0 heterocycles. The summed E-state index contributed by atoms with van der Waals surface area (Å²) >= 11 is 0. The van der Waals surface area contributed by atoms with Gasteiger partial charge in [-0.15, -0.1) is 0 Å². The Kier molecular flexibility index (Phi) is 3.58. The van der Waals surface area contributed by atoms with Crippen LogP contribution in [0, 0.1) is 23.7 Å². The third kappa shape index (κ3) is 2.33. The van der Waals surface area contributed by atoms with E-state index in [0.29, 0.717) is 0 Å². The average Bonchev–Trinajstić information content (AvgIpc) is 2.95. The standard InChI is InChI=1S/C14H25NOS/c1-17(16)7-3-6-15-14-9-10-8-13(14)12-5-2-4-11(10)12/h10-15H,2-9H2,1H3/t10-,11-,12+,13+,14-,17+/m1/s1. The molecule has 0 spiro atoms. The molecule has 0 aliphatic heterocycles. The Labute approximate surface area is 107 Å². The minimum absolute atomic E-state index is 0.615. The first kappa shape index (κ1) is 12.2. The summed E-state index contributed by atoms with van der Waals surface area (Å²) in [6.45, 7) is 1.07. The summed E-state index contributed by atoms with van der Waals surface area (Å²) in [6, 6.07) is 0.796. The lowest BCUT2D eigenvalue weighted by atomic mass is 9.79. The molecule has 6 atom stereocenters. The molecule has 2 bridgehead atoms. The molecule has 0 aromatic heterocycles. The summed E-state index contributed by atoms with van der Waals surface area (Å²) in [4.78, 5) is 0. The summed E-state index contributed by atoms with van der Waals surface area (Å²) in [7, 11) is -0.615. The molecular weight excluding hydrogens is 230 g/mol. The fourth-order valence-corrected chi connectivity index (χ4v) is 5.42. The van der Waals surface area contributed by atoms with Crippen LogP contribution in [0.25, 0.3) is 0 Å². The van der Waals surface area contributed by atoms with E-state index in [-0.39, 0.29) is 0 Å². The van der Waals surface area contributed by atoms with Crippen LogP contribution in [-0.2, 0) is 10.8 Å². The van der Waals surface area contributed by atoms with Gasteiger partial charge in [0.05, 0.1) is 0 Å². The molecule has 3 rings (SSSR count). The number of rotatable bonds is 5. The van der Waals surface area contributed by atoms with E-state index in [2.05, 4.69) is 5.32 Å². The van der Waals surface area contributed by atoms with Crippen LogP contribution in [0.1, 0.15) is 38.5 Å². The van der Waals surface area contributed by atoms with Gasteiger partial charge in [0.2, 0.25) is 0 Å². The van der Waals surface area contributed by atoms with Gasteiger partial charge >= 0.3 is 0 Å². The van der Waals surface area contributed by atoms with Crippen molar-refractivity contribution < 1.29 is 4.21 Å². The lowest BCUT2D eigenvalue weighted by Crippen LogP contribution is -2.39. The molecule has 3 fully saturated rings. The van der Waals surface area contributed by atoms with E-state index < -0.39 is 10.8 Å². The highest BCUT2D eigenvalue weighted by molar-refractivity contribution is 7.84. The van der Waals surface area contributed by atoms with Crippen molar-refractivity contribution in [2.24, 2.45) is 23.7 Å². The minimum Gasteiger partial charge on any atom is -0.314 e. The Bertz CT molecular complexity index is 307. The van der Waals surface area contributed by atoms with Crippen molar-refractivity contribution in [3.05, 3.63) is 0 Å². The molecule has 0 aromatic carbocycles. The fraction of sp³-hybridized carbons (Fsp3) is 1.00. The maximum Gasteiger partial charge on any atom is 0.0244 e. The third-order valence-corrected chi connectivity index (χ3v) is 6.31. The maximum atomic E-state index is 11.0. The zero-order chi connectivity index (χ0) is 11.8. The van der Waals surface area contributed by atoms with E-state index in [1.165, 1.54) is 32.1 Å². The third-order valence-electron chi connectivity index (χ3n) is 5.44. The monoisotopic (exact) mass is 255 g/mol.